The number of rotatable bonds is 9. The summed E-state index contributed by atoms with van der Waals surface area (Å²) in [6, 6.07) is -0.737. The number of nitrogens with one attached hydrogen (secondary N) is 1. The van der Waals surface area contributed by atoms with Crippen molar-refractivity contribution in [1.82, 2.24) is 15.1 Å². The van der Waals surface area contributed by atoms with Crippen LogP contribution < -0.4 is 5.32 Å². The smallest absolute Gasteiger partial charge is 0.410 e. The molecule has 1 N–H and O–H groups in total. The lowest BCUT2D eigenvalue weighted by atomic mass is 9.95. The van der Waals surface area contributed by atoms with Crippen LogP contribution in [0.1, 0.15) is 72.6 Å². The summed E-state index contributed by atoms with van der Waals surface area (Å²) in [7, 11) is 0. The first kappa shape index (κ1) is 30.2. The molecule has 0 radical (unpaired) electrons. The van der Waals surface area contributed by atoms with E-state index in [0.29, 0.717) is 45.6 Å². The van der Waals surface area contributed by atoms with Gasteiger partial charge in [0.2, 0.25) is 11.8 Å². The van der Waals surface area contributed by atoms with E-state index in [-0.39, 0.29) is 36.2 Å². The van der Waals surface area contributed by atoms with Crippen molar-refractivity contribution >= 4 is 23.9 Å². The zero-order valence-electron chi connectivity index (χ0n) is 22.8. The second-order valence-corrected chi connectivity index (χ2v) is 10.8. The van der Waals surface area contributed by atoms with Gasteiger partial charge in [-0.3, -0.25) is 14.4 Å². The summed E-state index contributed by atoms with van der Waals surface area (Å²) in [4.78, 5) is 53.2. The molecule has 0 aromatic rings. The predicted octanol–water partition coefficient (Wildman–Crippen LogP) is 3.28. The van der Waals surface area contributed by atoms with Crippen molar-refractivity contribution in [3.05, 3.63) is 12.2 Å². The van der Waals surface area contributed by atoms with Gasteiger partial charge in [0.05, 0.1) is 18.9 Å². The molecule has 9 nitrogen and oxygen atoms in total. The standard InChI is InChI=1S/C28H43N3O6/c1-6-8-18-36-25(33)19-23(7-2)29-26(34)22-10-9-15-31(20-22)24(32)12-11-21-13-16-30(17-14-21)27(35)37-28(3,4)5/h2,11-12,21-23H,6,8-10,13-20H2,1,3-5H3,(H,29,34)/b12-11+/t22-,23-/m1/s1. The number of esters is 1. The van der Waals surface area contributed by atoms with Gasteiger partial charge in [-0.15, -0.1) is 6.42 Å². The molecule has 2 atom stereocenters. The fourth-order valence-electron chi connectivity index (χ4n) is 4.31. The van der Waals surface area contributed by atoms with Crippen LogP contribution in [0.15, 0.2) is 12.2 Å². The molecule has 0 saturated carbocycles. The highest BCUT2D eigenvalue weighted by Crippen LogP contribution is 2.22. The van der Waals surface area contributed by atoms with Crippen molar-refractivity contribution in [2.75, 3.05) is 32.8 Å². The van der Waals surface area contributed by atoms with Gasteiger partial charge in [0.15, 0.2) is 0 Å². The number of amides is 3. The van der Waals surface area contributed by atoms with Gasteiger partial charge in [0.1, 0.15) is 11.6 Å². The fourth-order valence-corrected chi connectivity index (χ4v) is 4.31. The van der Waals surface area contributed by atoms with Crippen LogP contribution in [-0.2, 0) is 23.9 Å². The number of allylic oxidation sites excluding steroid dienone is 1. The van der Waals surface area contributed by atoms with E-state index in [1.54, 1.807) is 15.9 Å². The third-order valence-electron chi connectivity index (χ3n) is 6.46. The number of unbranched alkanes of at least 4 members (excludes halogenated alkanes) is 1. The SMILES string of the molecule is C#C[C@H](CC(=O)OCCCC)NC(=O)[C@@H]1CCCN(C(=O)/C=C/C2CCN(C(=O)OC(C)(C)C)CC2)C1. The number of hydrogen-bond donors (Lipinski definition) is 1. The molecule has 37 heavy (non-hydrogen) atoms. The summed E-state index contributed by atoms with van der Waals surface area (Å²) >= 11 is 0. The van der Waals surface area contributed by atoms with Crippen LogP contribution in [0.5, 0.6) is 0 Å². The molecule has 206 valence electrons. The van der Waals surface area contributed by atoms with Gasteiger partial charge in [-0.05, 0) is 64.9 Å². The molecule has 3 amide bonds. The summed E-state index contributed by atoms with van der Waals surface area (Å²) in [5, 5.41) is 2.75. The number of hydrogen-bond acceptors (Lipinski definition) is 6. The average molecular weight is 518 g/mol. The Morgan fingerprint density at radius 1 is 1.11 bits per heavy atom. The second kappa shape index (κ2) is 14.7. The van der Waals surface area contributed by atoms with Crippen molar-refractivity contribution < 1.29 is 28.7 Å². The lowest BCUT2D eigenvalue weighted by Crippen LogP contribution is -2.47. The van der Waals surface area contributed by atoms with Gasteiger partial charge < -0.3 is 24.6 Å². The molecule has 0 bridgehead atoms. The Labute approximate surface area is 221 Å². The predicted molar refractivity (Wildman–Crippen MR) is 140 cm³/mol. The number of ether oxygens (including phenoxy) is 2. The minimum absolute atomic E-state index is 0.0726. The maximum Gasteiger partial charge on any atom is 0.410 e. The van der Waals surface area contributed by atoms with Gasteiger partial charge in [-0.25, -0.2) is 4.79 Å². The quantitative estimate of drug-likeness (QED) is 0.218. The van der Waals surface area contributed by atoms with Crippen LogP contribution in [0.4, 0.5) is 4.79 Å². The molecule has 2 rings (SSSR count). The Morgan fingerprint density at radius 2 is 1.81 bits per heavy atom. The zero-order valence-corrected chi connectivity index (χ0v) is 22.8. The maximum absolute atomic E-state index is 12.8. The lowest BCUT2D eigenvalue weighted by Gasteiger charge is -2.33. The van der Waals surface area contributed by atoms with Crippen molar-refractivity contribution in [2.24, 2.45) is 11.8 Å². The first-order valence-electron chi connectivity index (χ1n) is 13.4. The first-order chi connectivity index (χ1) is 17.5. The van der Waals surface area contributed by atoms with Crippen molar-refractivity contribution in [3.63, 3.8) is 0 Å². The Kier molecular flexibility index (Phi) is 12.0. The van der Waals surface area contributed by atoms with Crippen LogP contribution in [0.25, 0.3) is 0 Å². The average Bonchev–Trinajstić information content (AvgIpc) is 2.86. The monoisotopic (exact) mass is 517 g/mol. The summed E-state index contributed by atoms with van der Waals surface area (Å²) < 4.78 is 10.6. The highest BCUT2D eigenvalue weighted by atomic mass is 16.6. The van der Waals surface area contributed by atoms with Crippen LogP contribution in [0.2, 0.25) is 0 Å². The van der Waals surface area contributed by atoms with Crippen LogP contribution in [-0.4, -0.2) is 78.1 Å². The number of carbonyl (C=O) groups excluding carboxylic acids is 4. The number of terminal acetylenes is 1. The third kappa shape index (κ3) is 10.9. The van der Waals surface area contributed by atoms with Gasteiger partial charge >= 0.3 is 12.1 Å². The lowest BCUT2D eigenvalue weighted by molar-refractivity contribution is -0.144. The van der Waals surface area contributed by atoms with Crippen molar-refractivity contribution in [1.29, 1.82) is 0 Å². The largest absolute Gasteiger partial charge is 0.466 e. The molecule has 9 heteroatoms. The van der Waals surface area contributed by atoms with Crippen molar-refractivity contribution in [3.8, 4) is 12.3 Å². The van der Waals surface area contributed by atoms with E-state index in [1.165, 1.54) is 0 Å². The van der Waals surface area contributed by atoms with E-state index in [9.17, 15) is 19.2 Å². The first-order valence-corrected chi connectivity index (χ1v) is 13.4. The fraction of sp³-hybridized carbons (Fsp3) is 0.714. The number of likely N-dealkylation sites (tertiary alicyclic amines) is 2. The molecule has 2 heterocycles. The van der Waals surface area contributed by atoms with Crippen LogP contribution >= 0.6 is 0 Å². The molecule has 2 aliphatic heterocycles. The molecule has 0 spiro atoms. The third-order valence-corrected chi connectivity index (χ3v) is 6.46. The summed E-state index contributed by atoms with van der Waals surface area (Å²) in [6.45, 7) is 9.97. The Hall–Kier alpha value is -3.02. The summed E-state index contributed by atoms with van der Waals surface area (Å²) in [5.41, 5.74) is -0.523. The number of piperidine rings is 2. The van der Waals surface area contributed by atoms with Crippen LogP contribution in [0.3, 0.4) is 0 Å². The Bertz CT molecular complexity index is 864. The second-order valence-electron chi connectivity index (χ2n) is 10.8. The number of nitrogens with zero attached hydrogens (tertiary/aromatic N) is 2. The molecule has 0 unspecified atom stereocenters. The zero-order chi connectivity index (χ0) is 27.4. The molecule has 2 aliphatic rings. The van der Waals surface area contributed by atoms with Gasteiger partial charge in [0.25, 0.3) is 0 Å². The minimum Gasteiger partial charge on any atom is -0.466 e. The van der Waals surface area contributed by atoms with Gasteiger partial charge in [-0.2, -0.15) is 0 Å². The minimum atomic E-state index is -0.737. The van der Waals surface area contributed by atoms with E-state index >= 15 is 0 Å². The van der Waals surface area contributed by atoms with E-state index in [2.05, 4.69) is 11.2 Å². The van der Waals surface area contributed by atoms with E-state index in [1.807, 2.05) is 33.8 Å². The van der Waals surface area contributed by atoms with Crippen molar-refractivity contribution in [2.45, 2.75) is 84.3 Å². The van der Waals surface area contributed by atoms with Gasteiger partial charge in [-0.1, -0.05) is 25.3 Å². The summed E-state index contributed by atoms with van der Waals surface area (Å²) in [6.07, 6.45) is 13.2. The topological polar surface area (TPSA) is 105 Å². The van der Waals surface area contributed by atoms with E-state index < -0.39 is 17.6 Å². The highest BCUT2D eigenvalue weighted by Gasteiger charge is 2.30. The molecule has 2 fully saturated rings. The highest BCUT2D eigenvalue weighted by molar-refractivity contribution is 5.88. The number of carbonyl (C=O) groups is 4. The Morgan fingerprint density at radius 3 is 2.43 bits per heavy atom. The molecule has 0 aromatic heterocycles. The van der Waals surface area contributed by atoms with E-state index in [4.69, 9.17) is 15.9 Å². The molecular formula is C28H43N3O6. The molecule has 0 aromatic carbocycles. The van der Waals surface area contributed by atoms with E-state index in [0.717, 1.165) is 25.7 Å². The normalized spacial score (nSPS) is 19.7. The van der Waals surface area contributed by atoms with Crippen LogP contribution in [0, 0.1) is 24.2 Å². The molecule has 2 saturated heterocycles. The maximum atomic E-state index is 12.8. The van der Waals surface area contributed by atoms with Gasteiger partial charge in [0, 0.05) is 26.2 Å². The Balaban J connectivity index is 1.79. The molecular weight excluding hydrogens is 474 g/mol. The molecule has 0 aliphatic carbocycles. The summed E-state index contributed by atoms with van der Waals surface area (Å²) in [5.74, 6) is 1.47.